The summed E-state index contributed by atoms with van der Waals surface area (Å²) in [6.07, 6.45) is 5.79. The lowest BCUT2D eigenvalue weighted by molar-refractivity contribution is -0.385. The number of pyridine rings is 1. The summed E-state index contributed by atoms with van der Waals surface area (Å²) >= 11 is 3.43. The Morgan fingerprint density at radius 3 is 2.90 bits per heavy atom. The summed E-state index contributed by atoms with van der Waals surface area (Å²) in [5.74, 6) is 1.08. The molecular weight excluding hydrogens is 336 g/mol. The molecule has 2 rings (SSSR count). The molecule has 116 valence electrons. The lowest BCUT2D eigenvalue weighted by Crippen LogP contribution is -2.52. The zero-order valence-electron chi connectivity index (χ0n) is 12.4. The molecule has 1 aromatic rings. The lowest BCUT2D eigenvalue weighted by atomic mass is 9.73. The summed E-state index contributed by atoms with van der Waals surface area (Å²) in [7, 11) is 0. The van der Waals surface area contributed by atoms with Crippen LogP contribution in [-0.2, 0) is 0 Å². The van der Waals surface area contributed by atoms with Crippen molar-refractivity contribution in [3.8, 4) is 0 Å². The monoisotopic (exact) mass is 356 g/mol. The predicted octanol–water partition coefficient (Wildman–Crippen LogP) is 3.38. The number of nitro groups is 1. The third kappa shape index (κ3) is 3.03. The minimum atomic E-state index is -0.418. The third-order valence-corrected chi connectivity index (χ3v) is 5.59. The molecule has 1 saturated carbocycles. The van der Waals surface area contributed by atoms with Crippen LogP contribution in [-0.4, -0.2) is 22.0 Å². The molecule has 6 nitrogen and oxygen atoms in total. The average molecular weight is 357 g/mol. The molecule has 0 spiro atoms. The third-order valence-electron chi connectivity index (χ3n) is 4.62. The number of nitrogens with one attached hydrogen (secondary N) is 1. The van der Waals surface area contributed by atoms with Gasteiger partial charge in [0.05, 0.1) is 14.9 Å². The maximum atomic E-state index is 11.0. The first-order valence-corrected chi connectivity index (χ1v) is 7.98. The molecular formula is C14H21BrN4O2. The van der Waals surface area contributed by atoms with E-state index in [4.69, 9.17) is 5.73 Å². The van der Waals surface area contributed by atoms with E-state index in [1.165, 1.54) is 12.6 Å². The van der Waals surface area contributed by atoms with Crippen molar-refractivity contribution in [2.24, 2.45) is 11.7 Å². The van der Waals surface area contributed by atoms with Crippen LogP contribution in [0.2, 0.25) is 0 Å². The van der Waals surface area contributed by atoms with Gasteiger partial charge >= 0.3 is 0 Å². The molecule has 21 heavy (non-hydrogen) atoms. The fourth-order valence-corrected chi connectivity index (χ4v) is 3.43. The van der Waals surface area contributed by atoms with Gasteiger partial charge in [0.25, 0.3) is 5.69 Å². The summed E-state index contributed by atoms with van der Waals surface area (Å²) < 4.78 is 0.641. The first-order chi connectivity index (χ1) is 9.91. The van der Waals surface area contributed by atoms with Gasteiger partial charge in [-0.1, -0.05) is 19.8 Å². The second kappa shape index (κ2) is 6.27. The summed E-state index contributed by atoms with van der Waals surface area (Å²) in [5.41, 5.74) is 6.44. The van der Waals surface area contributed by atoms with E-state index in [2.05, 4.69) is 33.2 Å². The Hall–Kier alpha value is -1.21. The van der Waals surface area contributed by atoms with E-state index in [0.29, 0.717) is 28.3 Å². The number of nitrogens with zero attached hydrogens (tertiary/aromatic N) is 2. The highest BCUT2D eigenvalue weighted by Crippen LogP contribution is 2.38. The van der Waals surface area contributed by atoms with Crippen molar-refractivity contribution >= 4 is 27.4 Å². The van der Waals surface area contributed by atoms with E-state index in [9.17, 15) is 10.1 Å². The van der Waals surface area contributed by atoms with Crippen LogP contribution in [0, 0.1) is 23.0 Å². The molecule has 2 atom stereocenters. The first kappa shape index (κ1) is 16.2. The van der Waals surface area contributed by atoms with E-state index in [0.717, 1.165) is 19.3 Å². The summed E-state index contributed by atoms with van der Waals surface area (Å²) in [5, 5.41) is 14.4. The molecule has 1 fully saturated rings. The van der Waals surface area contributed by atoms with Gasteiger partial charge in [0.1, 0.15) is 12.0 Å². The first-order valence-electron chi connectivity index (χ1n) is 7.19. The molecule has 1 aliphatic carbocycles. The molecule has 1 aromatic heterocycles. The minimum Gasteiger partial charge on any atom is -0.362 e. The summed E-state index contributed by atoms with van der Waals surface area (Å²) in [6.45, 7) is 4.44. The fraction of sp³-hybridized carbons (Fsp3) is 0.643. The summed E-state index contributed by atoms with van der Waals surface area (Å²) in [4.78, 5) is 14.8. The Labute approximate surface area is 132 Å². The number of halogens is 1. The SMILES string of the molecule is Cc1c([N+](=O)[O-])cnc(NC2(CN)CCCCC2C)c1Br. The summed E-state index contributed by atoms with van der Waals surface area (Å²) in [6, 6.07) is 0. The molecule has 3 N–H and O–H groups in total. The highest BCUT2D eigenvalue weighted by Gasteiger charge is 2.38. The quantitative estimate of drug-likeness (QED) is 0.636. The number of hydrogen-bond acceptors (Lipinski definition) is 5. The van der Waals surface area contributed by atoms with Crippen LogP contribution in [0.15, 0.2) is 10.7 Å². The molecule has 0 amide bonds. The fourth-order valence-electron chi connectivity index (χ4n) is 3.03. The van der Waals surface area contributed by atoms with Crippen LogP contribution in [0.25, 0.3) is 0 Å². The smallest absolute Gasteiger partial charge is 0.291 e. The zero-order chi connectivity index (χ0) is 15.6. The van der Waals surface area contributed by atoms with Crippen LogP contribution in [0.5, 0.6) is 0 Å². The average Bonchev–Trinajstić information content (AvgIpc) is 2.46. The normalized spacial score (nSPS) is 25.6. The maximum absolute atomic E-state index is 11.0. The van der Waals surface area contributed by atoms with Gasteiger partial charge in [0, 0.05) is 12.1 Å². The van der Waals surface area contributed by atoms with Crippen LogP contribution < -0.4 is 11.1 Å². The highest BCUT2D eigenvalue weighted by atomic mass is 79.9. The van der Waals surface area contributed by atoms with E-state index < -0.39 is 4.92 Å². The number of aromatic nitrogens is 1. The lowest BCUT2D eigenvalue weighted by Gasteiger charge is -2.43. The molecule has 0 aromatic carbocycles. The number of rotatable bonds is 4. The van der Waals surface area contributed by atoms with Gasteiger partial charge in [0.15, 0.2) is 0 Å². The number of hydrogen-bond donors (Lipinski definition) is 2. The molecule has 0 bridgehead atoms. The molecule has 0 radical (unpaired) electrons. The van der Waals surface area contributed by atoms with Crippen molar-refractivity contribution in [2.75, 3.05) is 11.9 Å². The van der Waals surface area contributed by atoms with Crippen molar-refractivity contribution in [1.82, 2.24) is 4.98 Å². The van der Waals surface area contributed by atoms with Crippen LogP contribution >= 0.6 is 15.9 Å². The molecule has 7 heteroatoms. The Balaban J connectivity index is 2.34. The van der Waals surface area contributed by atoms with Crippen LogP contribution in [0.4, 0.5) is 11.5 Å². The number of anilines is 1. The molecule has 0 aliphatic heterocycles. The van der Waals surface area contributed by atoms with Crippen LogP contribution in [0.1, 0.15) is 38.2 Å². The Morgan fingerprint density at radius 1 is 1.62 bits per heavy atom. The molecule has 1 aliphatic rings. The van der Waals surface area contributed by atoms with Gasteiger partial charge in [0.2, 0.25) is 0 Å². The zero-order valence-corrected chi connectivity index (χ0v) is 13.9. The van der Waals surface area contributed by atoms with Gasteiger partial charge in [-0.3, -0.25) is 10.1 Å². The van der Waals surface area contributed by atoms with Gasteiger partial charge < -0.3 is 11.1 Å². The van der Waals surface area contributed by atoms with Crippen molar-refractivity contribution in [2.45, 2.75) is 45.1 Å². The highest BCUT2D eigenvalue weighted by molar-refractivity contribution is 9.10. The van der Waals surface area contributed by atoms with Gasteiger partial charge in [-0.25, -0.2) is 4.98 Å². The van der Waals surface area contributed by atoms with Gasteiger partial charge in [-0.15, -0.1) is 0 Å². The van der Waals surface area contributed by atoms with E-state index >= 15 is 0 Å². The van der Waals surface area contributed by atoms with Crippen molar-refractivity contribution < 1.29 is 4.92 Å². The topological polar surface area (TPSA) is 94.1 Å². The van der Waals surface area contributed by atoms with E-state index in [1.54, 1.807) is 6.92 Å². The van der Waals surface area contributed by atoms with Crippen molar-refractivity contribution in [3.63, 3.8) is 0 Å². The maximum Gasteiger partial charge on any atom is 0.291 e. The Morgan fingerprint density at radius 2 is 2.33 bits per heavy atom. The molecule has 0 saturated heterocycles. The molecule has 2 unspecified atom stereocenters. The number of nitrogens with two attached hydrogens (primary N) is 1. The second-order valence-electron chi connectivity index (χ2n) is 5.82. The van der Waals surface area contributed by atoms with Crippen molar-refractivity contribution in [3.05, 3.63) is 26.3 Å². The van der Waals surface area contributed by atoms with Gasteiger partial charge in [-0.2, -0.15) is 0 Å². The van der Waals surface area contributed by atoms with Crippen molar-refractivity contribution in [1.29, 1.82) is 0 Å². The van der Waals surface area contributed by atoms with Crippen LogP contribution in [0.3, 0.4) is 0 Å². The Bertz CT molecular complexity index is 552. The van der Waals surface area contributed by atoms with E-state index in [1.807, 2.05) is 0 Å². The second-order valence-corrected chi connectivity index (χ2v) is 6.61. The molecule has 1 heterocycles. The standard InChI is InChI=1S/C14H21BrN4O2/c1-9-5-3-4-6-14(9,8-16)18-13-12(15)10(2)11(7-17-13)19(20)21/h7,9H,3-6,8,16H2,1-2H3,(H,17,18). The Kier molecular flexibility index (Phi) is 4.83. The largest absolute Gasteiger partial charge is 0.362 e. The van der Waals surface area contributed by atoms with Gasteiger partial charge in [-0.05, 0) is 41.6 Å². The predicted molar refractivity (Wildman–Crippen MR) is 86.4 cm³/mol. The minimum absolute atomic E-state index is 0.0194. The van der Waals surface area contributed by atoms with E-state index in [-0.39, 0.29) is 11.2 Å².